The number of fused-ring (bicyclic) bond motifs is 1. The van der Waals surface area contributed by atoms with E-state index in [0.717, 1.165) is 23.9 Å². The summed E-state index contributed by atoms with van der Waals surface area (Å²) < 4.78 is 41.4. The molecule has 1 aromatic carbocycles. The van der Waals surface area contributed by atoms with Crippen molar-refractivity contribution in [1.29, 1.82) is 0 Å². The van der Waals surface area contributed by atoms with Crippen molar-refractivity contribution < 1.29 is 22.7 Å². The third-order valence-electron chi connectivity index (χ3n) is 3.46. The molecule has 3 rings (SSSR count). The predicted molar refractivity (Wildman–Crippen MR) is 87.3 cm³/mol. The minimum Gasteiger partial charge on any atom is -0.406 e. The number of nitrogens with one attached hydrogen (secondary N) is 1. The SMILES string of the molecule is Cc1ccn2c(=O)c(C(=O)Nc3ccc(OC(F)(F)F)cc3)cnc2c1. The summed E-state index contributed by atoms with van der Waals surface area (Å²) in [5.74, 6) is -1.14. The maximum Gasteiger partial charge on any atom is 0.573 e. The predicted octanol–water partition coefficient (Wildman–Crippen LogP) is 3.15. The molecule has 1 N–H and O–H groups in total. The number of aromatic nitrogens is 2. The lowest BCUT2D eigenvalue weighted by atomic mass is 10.2. The molecule has 0 aliphatic carbocycles. The van der Waals surface area contributed by atoms with Crippen LogP contribution >= 0.6 is 0 Å². The normalized spacial score (nSPS) is 11.4. The zero-order valence-electron chi connectivity index (χ0n) is 13.4. The van der Waals surface area contributed by atoms with Crippen LogP contribution in [0.5, 0.6) is 5.75 Å². The minimum atomic E-state index is -4.80. The Balaban J connectivity index is 1.82. The van der Waals surface area contributed by atoms with Crippen molar-refractivity contribution in [2.75, 3.05) is 5.32 Å². The summed E-state index contributed by atoms with van der Waals surface area (Å²) in [5.41, 5.74) is 0.778. The molecule has 0 fully saturated rings. The summed E-state index contributed by atoms with van der Waals surface area (Å²) in [6, 6.07) is 7.97. The number of aryl methyl sites for hydroxylation is 1. The lowest BCUT2D eigenvalue weighted by Crippen LogP contribution is -2.26. The van der Waals surface area contributed by atoms with Gasteiger partial charge in [0, 0.05) is 18.1 Å². The molecule has 0 spiro atoms. The number of carbonyl (C=O) groups excluding carboxylic acids is 1. The number of carbonyl (C=O) groups is 1. The maximum absolute atomic E-state index is 12.4. The topological polar surface area (TPSA) is 72.7 Å². The maximum atomic E-state index is 12.4. The van der Waals surface area contributed by atoms with Crippen molar-refractivity contribution in [2.24, 2.45) is 0 Å². The number of hydrogen-bond donors (Lipinski definition) is 1. The highest BCUT2D eigenvalue weighted by Crippen LogP contribution is 2.24. The van der Waals surface area contributed by atoms with Gasteiger partial charge in [-0.15, -0.1) is 13.2 Å². The van der Waals surface area contributed by atoms with E-state index in [9.17, 15) is 22.8 Å². The average Bonchev–Trinajstić information content (AvgIpc) is 2.55. The highest BCUT2D eigenvalue weighted by Gasteiger charge is 2.31. The monoisotopic (exact) mass is 363 g/mol. The Bertz CT molecular complexity index is 1030. The molecular weight excluding hydrogens is 351 g/mol. The zero-order chi connectivity index (χ0) is 18.9. The first kappa shape index (κ1) is 17.5. The van der Waals surface area contributed by atoms with Crippen molar-refractivity contribution in [2.45, 2.75) is 13.3 Å². The molecule has 0 saturated carbocycles. The summed E-state index contributed by atoms with van der Waals surface area (Å²) >= 11 is 0. The van der Waals surface area contributed by atoms with E-state index in [1.54, 1.807) is 12.1 Å². The number of nitrogens with zero attached hydrogens (tertiary/aromatic N) is 2. The second kappa shape index (κ2) is 6.51. The van der Waals surface area contributed by atoms with Gasteiger partial charge in [0.05, 0.1) is 0 Å². The van der Waals surface area contributed by atoms with Gasteiger partial charge in [-0.05, 0) is 48.9 Å². The van der Waals surface area contributed by atoms with Crippen molar-refractivity contribution in [3.8, 4) is 5.75 Å². The van der Waals surface area contributed by atoms with Gasteiger partial charge in [0.25, 0.3) is 11.5 Å². The Morgan fingerprint density at radius 2 is 1.88 bits per heavy atom. The summed E-state index contributed by atoms with van der Waals surface area (Å²) in [4.78, 5) is 28.8. The smallest absolute Gasteiger partial charge is 0.406 e. The van der Waals surface area contributed by atoms with Gasteiger partial charge in [-0.3, -0.25) is 14.0 Å². The first-order valence-electron chi connectivity index (χ1n) is 7.38. The number of pyridine rings is 1. The minimum absolute atomic E-state index is 0.193. The van der Waals surface area contributed by atoms with Gasteiger partial charge in [-0.1, -0.05) is 0 Å². The van der Waals surface area contributed by atoms with Gasteiger partial charge in [-0.2, -0.15) is 0 Å². The first-order chi connectivity index (χ1) is 12.2. The number of alkyl halides is 3. The molecule has 2 aromatic heterocycles. The second-order valence-corrected chi connectivity index (χ2v) is 5.44. The van der Waals surface area contributed by atoms with Gasteiger partial charge >= 0.3 is 6.36 Å². The Kier molecular flexibility index (Phi) is 4.37. The lowest BCUT2D eigenvalue weighted by molar-refractivity contribution is -0.274. The number of ether oxygens (including phenoxy) is 1. The van der Waals surface area contributed by atoms with Crippen LogP contribution in [0.2, 0.25) is 0 Å². The van der Waals surface area contributed by atoms with Crippen LogP contribution in [0.3, 0.4) is 0 Å². The molecule has 0 atom stereocenters. The van der Waals surface area contributed by atoms with E-state index < -0.39 is 23.6 Å². The van der Waals surface area contributed by atoms with Gasteiger partial charge in [-0.25, -0.2) is 4.98 Å². The molecule has 0 unspecified atom stereocenters. The van der Waals surface area contributed by atoms with Gasteiger partial charge in [0.2, 0.25) is 0 Å². The van der Waals surface area contributed by atoms with Crippen molar-refractivity contribution in [3.05, 3.63) is 70.3 Å². The van der Waals surface area contributed by atoms with E-state index in [1.807, 2.05) is 6.92 Å². The van der Waals surface area contributed by atoms with Crippen LogP contribution in [0.1, 0.15) is 15.9 Å². The van der Waals surface area contributed by atoms with Gasteiger partial charge < -0.3 is 10.1 Å². The Morgan fingerprint density at radius 3 is 2.54 bits per heavy atom. The van der Waals surface area contributed by atoms with Crippen LogP contribution < -0.4 is 15.6 Å². The number of benzene rings is 1. The number of amides is 1. The molecular formula is C17H12F3N3O3. The Labute approximate surface area is 144 Å². The zero-order valence-corrected chi connectivity index (χ0v) is 13.4. The average molecular weight is 363 g/mol. The molecule has 0 saturated heterocycles. The van der Waals surface area contributed by atoms with Crippen molar-refractivity contribution >= 4 is 17.2 Å². The largest absolute Gasteiger partial charge is 0.573 e. The van der Waals surface area contributed by atoms with E-state index in [4.69, 9.17) is 0 Å². The van der Waals surface area contributed by atoms with Crippen LogP contribution in [0.25, 0.3) is 5.65 Å². The summed E-state index contributed by atoms with van der Waals surface area (Å²) in [7, 11) is 0. The van der Waals surface area contributed by atoms with Crippen molar-refractivity contribution in [1.82, 2.24) is 9.38 Å². The van der Waals surface area contributed by atoms with E-state index in [1.165, 1.54) is 22.7 Å². The molecule has 3 aromatic rings. The number of rotatable bonds is 3. The fourth-order valence-electron chi connectivity index (χ4n) is 2.27. The van der Waals surface area contributed by atoms with E-state index in [0.29, 0.717) is 5.65 Å². The van der Waals surface area contributed by atoms with E-state index in [2.05, 4.69) is 15.0 Å². The van der Waals surface area contributed by atoms with Crippen LogP contribution in [-0.2, 0) is 0 Å². The highest BCUT2D eigenvalue weighted by molar-refractivity contribution is 6.03. The molecule has 26 heavy (non-hydrogen) atoms. The molecule has 6 nitrogen and oxygen atoms in total. The third kappa shape index (κ3) is 3.82. The number of hydrogen-bond acceptors (Lipinski definition) is 4. The van der Waals surface area contributed by atoms with Crippen LogP contribution in [0.15, 0.2) is 53.6 Å². The number of anilines is 1. The summed E-state index contributed by atoms with van der Waals surface area (Å²) in [5, 5.41) is 2.44. The highest BCUT2D eigenvalue weighted by atomic mass is 19.4. The third-order valence-corrected chi connectivity index (χ3v) is 3.46. The lowest BCUT2D eigenvalue weighted by Gasteiger charge is -2.10. The van der Waals surface area contributed by atoms with E-state index in [-0.39, 0.29) is 11.3 Å². The fraction of sp³-hybridized carbons (Fsp3) is 0.118. The van der Waals surface area contributed by atoms with Crippen LogP contribution in [0.4, 0.5) is 18.9 Å². The molecule has 9 heteroatoms. The molecule has 0 bridgehead atoms. The second-order valence-electron chi connectivity index (χ2n) is 5.44. The van der Waals surface area contributed by atoms with E-state index >= 15 is 0 Å². The summed E-state index contributed by atoms with van der Waals surface area (Å²) in [6.45, 7) is 1.85. The quantitative estimate of drug-likeness (QED) is 0.776. The Morgan fingerprint density at radius 1 is 1.19 bits per heavy atom. The molecule has 0 aliphatic rings. The molecule has 1 amide bonds. The molecule has 0 aliphatic heterocycles. The fourth-order valence-corrected chi connectivity index (χ4v) is 2.27. The first-order valence-corrected chi connectivity index (χ1v) is 7.38. The molecule has 134 valence electrons. The summed E-state index contributed by atoms with van der Waals surface area (Å²) in [6.07, 6.45) is -2.12. The molecule has 2 heterocycles. The van der Waals surface area contributed by atoms with Crippen molar-refractivity contribution in [3.63, 3.8) is 0 Å². The Hall–Kier alpha value is -3.36. The number of halogens is 3. The van der Waals surface area contributed by atoms with Gasteiger partial charge in [0.15, 0.2) is 0 Å². The standard InChI is InChI=1S/C17H12F3N3O3/c1-10-6-7-23-14(8-10)21-9-13(16(23)25)15(24)22-11-2-4-12(5-3-11)26-17(18,19)20/h2-9H,1H3,(H,22,24). The van der Waals surface area contributed by atoms with Crippen LogP contribution in [0, 0.1) is 6.92 Å². The van der Waals surface area contributed by atoms with Gasteiger partial charge in [0.1, 0.15) is 17.0 Å². The molecule has 0 radical (unpaired) electrons. The van der Waals surface area contributed by atoms with Crippen LogP contribution in [-0.4, -0.2) is 21.7 Å².